The lowest BCUT2D eigenvalue weighted by Gasteiger charge is -2.06. The number of rotatable bonds is 2. The molecule has 4 N–H and O–H groups in total. The van der Waals surface area contributed by atoms with Crippen LogP contribution in [0.1, 0.15) is 10.4 Å². The van der Waals surface area contributed by atoms with Gasteiger partial charge in [0.1, 0.15) is 5.75 Å². The molecule has 0 saturated carbocycles. The van der Waals surface area contributed by atoms with E-state index in [2.05, 4.69) is 5.43 Å². The number of hydrazine groups is 1. The summed E-state index contributed by atoms with van der Waals surface area (Å²) in [5.41, 5.74) is 4.09. The molecular weight excluding hydrogens is 298 g/mol. The first kappa shape index (κ1) is 14.6. The third-order valence-corrected chi connectivity index (χ3v) is 3.16. The van der Waals surface area contributed by atoms with E-state index in [0.717, 1.165) is 6.08 Å². The van der Waals surface area contributed by atoms with Gasteiger partial charge in [-0.3, -0.25) is 35.3 Å². The Hall–Kier alpha value is -2.81. The quantitative estimate of drug-likeness (QED) is 0.451. The Morgan fingerprint density at radius 1 is 1.19 bits per heavy atom. The van der Waals surface area contributed by atoms with E-state index in [0.29, 0.717) is 11.8 Å². The highest BCUT2D eigenvalue weighted by molar-refractivity contribution is 8.18. The Balaban J connectivity index is 1.94. The molecule has 0 aliphatic carbocycles. The first-order valence-corrected chi connectivity index (χ1v) is 6.42. The lowest BCUT2D eigenvalue weighted by atomic mass is 10.2. The van der Waals surface area contributed by atoms with E-state index >= 15 is 0 Å². The van der Waals surface area contributed by atoms with Crippen LogP contribution >= 0.6 is 11.8 Å². The van der Waals surface area contributed by atoms with Crippen molar-refractivity contribution in [1.82, 2.24) is 16.2 Å². The first-order valence-electron chi connectivity index (χ1n) is 5.60. The zero-order valence-electron chi connectivity index (χ0n) is 10.4. The van der Waals surface area contributed by atoms with Gasteiger partial charge >= 0.3 is 0 Å². The van der Waals surface area contributed by atoms with Crippen LogP contribution < -0.4 is 16.2 Å². The molecule has 0 bridgehead atoms. The number of hydrogen-bond donors (Lipinski definition) is 4. The zero-order chi connectivity index (χ0) is 15.4. The molecule has 2 rings (SSSR count). The van der Waals surface area contributed by atoms with E-state index in [1.807, 2.05) is 10.7 Å². The average Bonchev–Trinajstić information content (AvgIpc) is 2.74. The van der Waals surface area contributed by atoms with Crippen LogP contribution in [0.15, 0.2) is 35.2 Å². The summed E-state index contributed by atoms with van der Waals surface area (Å²) >= 11 is 0.583. The second-order valence-electron chi connectivity index (χ2n) is 3.81. The Bertz CT molecular complexity index is 671. The molecule has 1 aromatic rings. The van der Waals surface area contributed by atoms with Gasteiger partial charge in [0.2, 0.25) is 0 Å². The molecule has 8 nitrogen and oxygen atoms in total. The van der Waals surface area contributed by atoms with Crippen molar-refractivity contribution in [3.63, 3.8) is 0 Å². The van der Waals surface area contributed by atoms with E-state index < -0.39 is 23.0 Å². The van der Waals surface area contributed by atoms with Crippen LogP contribution in [0, 0.1) is 0 Å². The smallest absolute Gasteiger partial charge is 0.290 e. The molecule has 4 amide bonds. The van der Waals surface area contributed by atoms with Crippen molar-refractivity contribution in [3.05, 3.63) is 40.8 Å². The van der Waals surface area contributed by atoms with Crippen LogP contribution in [-0.2, 0) is 9.59 Å². The van der Waals surface area contributed by atoms with Crippen LogP contribution in [0.25, 0.3) is 0 Å². The summed E-state index contributed by atoms with van der Waals surface area (Å²) < 4.78 is 0. The molecule has 0 atom stereocenters. The maximum absolute atomic E-state index is 11.7. The fraction of sp³-hybridized carbons (Fsp3) is 0. The maximum Gasteiger partial charge on any atom is 0.290 e. The fourth-order valence-corrected chi connectivity index (χ4v) is 2.08. The highest BCUT2D eigenvalue weighted by Crippen LogP contribution is 2.22. The van der Waals surface area contributed by atoms with Crippen molar-refractivity contribution in [1.29, 1.82) is 0 Å². The van der Waals surface area contributed by atoms with Gasteiger partial charge < -0.3 is 5.11 Å². The molecule has 1 fully saturated rings. The number of carbonyl (C=O) groups is 4. The van der Waals surface area contributed by atoms with E-state index in [4.69, 9.17) is 0 Å². The van der Waals surface area contributed by atoms with Crippen molar-refractivity contribution in [2.45, 2.75) is 0 Å². The molecular formula is C12H9N3O5S. The molecule has 0 spiro atoms. The standard InChI is InChI=1S/C12H9N3O5S/c16-7-4-2-1-3-6(7)10(18)15-14-9(17)5-8-11(19)13-12(20)21-8/h1-5,16H,(H,14,17)(H,15,18)(H,13,19,20). The Kier molecular flexibility index (Phi) is 4.24. The number of thioether (sulfide) groups is 1. The fourth-order valence-electron chi connectivity index (χ4n) is 1.43. The summed E-state index contributed by atoms with van der Waals surface area (Å²) in [6.07, 6.45) is 0.885. The van der Waals surface area contributed by atoms with Gasteiger partial charge in [0, 0.05) is 6.08 Å². The normalized spacial score (nSPS) is 15.7. The summed E-state index contributed by atoms with van der Waals surface area (Å²) in [7, 11) is 0. The highest BCUT2D eigenvalue weighted by atomic mass is 32.2. The van der Waals surface area contributed by atoms with Gasteiger partial charge in [-0.15, -0.1) is 0 Å². The third-order valence-electron chi connectivity index (χ3n) is 2.35. The average molecular weight is 307 g/mol. The zero-order valence-corrected chi connectivity index (χ0v) is 11.2. The second kappa shape index (κ2) is 6.09. The summed E-state index contributed by atoms with van der Waals surface area (Å²) in [5, 5.41) is 10.9. The lowest BCUT2D eigenvalue weighted by Crippen LogP contribution is -2.41. The van der Waals surface area contributed by atoms with Gasteiger partial charge in [-0.25, -0.2) is 0 Å². The molecule has 1 heterocycles. The number of carbonyl (C=O) groups excluding carboxylic acids is 4. The number of amides is 4. The predicted octanol–water partition coefficient (Wildman–Crippen LogP) is 0.0201. The number of para-hydroxylation sites is 1. The van der Waals surface area contributed by atoms with Crippen LogP contribution in [0.3, 0.4) is 0 Å². The topological polar surface area (TPSA) is 125 Å². The third kappa shape index (κ3) is 3.60. The van der Waals surface area contributed by atoms with E-state index in [1.54, 1.807) is 12.1 Å². The van der Waals surface area contributed by atoms with Crippen molar-refractivity contribution < 1.29 is 24.3 Å². The molecule has 1 saturated heterocycles. The Morgan fingerprint density at radius 3 is 2.52 bits per heavy atom. The van der Waals surface area contributed by atoms with Gasteiger partial charge in [-0.2, -0.15) is 0 Å². The number of phenols is 1. The minimum absolute atomic E-state index is 0.0198. The molecule has 108 valence electrons. The van der Waals surface area contributed by atoms with E-state index in [9.17, 15) is 24.3 Å². The molecule has 21 heavy (non-hydrogen) atoms. The van der Waals surface area contributed by atoms with Gasteiger partial charge in [0.15, 0.2) is 0 Å². The van der Waals surface area contributed by atoms with Crippen LogP contribution in [-0.4, -0.2) is 28.1 Å². The summed E-state index contributed by atoms with van der Waals surface area (Å²) in [4.78, 5) is 45.2. The monoisotopic (exact) mass is 307 g/mol. The van der Waals surface area contributed by atoms with E-state index in [-0.39, 0.29) is 16.2 Å². The van der Waals surface area contributed by atoms with Crippen molar-refractivity contribution in [2.75, 3.05) is 0 Å². The van der Waals surface area contributed by atoms with Gasteiger partial charge in [-0.1, -0.05) is 12.1 Å². The summed E-state index contributed by atoms with van der Waals surface area (Å²) in [6, 6.07) is 5.78. The number of benzene rings is 1. The molecule has 1 aliphatic rings. The number of nitrogens with one attached hydrogen (secondary N) is 3. The molecule has 1 aromatic carbocycles. The van der Waals surface area contributed by atoms with Crippen molar-refractivity contribution in [2.24, 2.45) is 0 Å². The molecule has 0 aromatic heterocycles. The highest BCUT2D eigenvalue weighted by Gasteiger charge is 2.26. The van der Waals surface area contributed by atoms with Crippen LogP contribution in [0.2, 0.25) is 0 Å². The summed E-state index contributed by atoms with van der Waals surface area (Å²) in [6.45, 7) is 0. The molecule has 0 radical (unpaired) electrons. The maximum atomic E-state index is 11.7. The number of imide groups is 1. The second-order valence-corrected chi connectivity index (χ2v) is 4.83. The Morgan fingerprint density at radius 2 is 1.90 bits per heavy atom. The summed E-state index contributed by atoms with van der Waals surface area (Å²) in [5.74, 6) is -2.42. The minimum atomic E-state index is -0.786. The van der Waals surface area contributed by atoms with Crippen LogP contribution in [0.5, 0.6) is 5.75 Å². The predicted molar refractivity (Wildman–Crippen MR) is 72.9 cm³/mol. The first-order chi connectivity index (χ1) is 9.97. The van der Waals surface area contributed by atoms with Gasteiger partial charge in [0.05, 0.1) is 10.5 Å². The van der Waals surface area contributed by atoms with Gasteiger partial charge in [0.25, 0.3) is 23.0 Å². The SMILES string of the molecule is O=C(C=C1SC(=O)NC1=O)NNC(=O)c1ccccc1O. The van der Waals surface area contributed by atoms with Gasteiger partial charge in [-0.05, 0) is 23.9 Å². The lowest BCUT2D eigenvalue weighted by molar-refractivity contribution is -0.118. The Labute approximate surface area is 122 Å². The molecule has 1 aliphatic heterocycles. The van der Waals surface area contributed by atoms with Crippen molar-refractivity contribution in [3.8, 4) is 5.75 Å². The molecule has 0 unspecified atom stereocenters. The van der Waals surface area contributed by atoms with Crippen molar-refractivity contribution >= 4 is 34.7 Å². The number of hydrogen-bond acceptors (Lipinski definition) is 6. The minimum Gasteiger partial charge on any atom is -0.507 e. The molecule has 9 heteroatoms. The van der Waals surface area contributed by atoms with Crippen LogP contribution in [0.4, 0.5) is 4.79 Å². The number of phenolic OH excluding ortho intramolecular Hbond substituents is 1. The van der Waals surface area contributed by atoms with E-state index in [1.165, 1.54) is 12.1 Å². The largest absolute Gasteiger partial charge is 0.507 e. The number of aromatic hydroxyl groups is 1.